The Bertz CT molecular complexity index is 586. The average Bonchev–Trinajstić information content (AvgIpc) is 2.79. The van der Waals surface area contributed by atoms with Crippen LogP contribution >= 0.6 is 0 Å². The van der Waals surface area contributed by atoms with Crippen molar-refractivity contribution in [1.29, 1.82) is 0 Å². The van der Waals surface area contributed by atoms with E-state index in [0.29, 0.717) is 5.82 Å². The van der Waals surface area contributed by atoms with Crippen LogP contribution in [-0.2, 0) is 4.74 Å². The monoisotopic (exact) mass is 258 g/mol. The van der Waals surface area contributed by atoms with Gasteiger partial charge in [-0.2, -0.15) is 5.10 Å². The molecule has 0 radical (unpaired) electrons. The van der Waals surface area contributed by atoms with Crippen molar-refractivity contribution in [1.82, 2.24) is 14.7 Å². The standard InChI is InChI=1S/C14H18N4O/c1-2-13(17-7-9-19-10-8-17)18-12-6-4-3-5-11(12)14(15)16-18/h2-6,13H,1,7-10H2,(H2,15,16). The molecule has 19 heavy (non-hydrogen) atoms. The number of morpholine rings is 1. The first-order valence-corrected chi connectivity index (χ1v) is 6.48. The molecule has 1 fully saturated rings. The molecule has 2 heterocycles. The van der Waals surface area contributed by atoms with Crippen molar-refractivity contribution in [3.05, 3.63) is 36.9 Å². The third-order valence-corrected chi connectivity index (χ3v) is 3.52. The van der Waals surface area contributed by atoms with Crippen molar-refractivity contribution in [2.75, 3.05) is 32.0 Å². The van der Waals surface area contributed by atoms with Gasteiger partial charge in [0.1, 0.15) is 6.17 Å². The Labute approximate surface area is 112 Å². The van der Waals surface area contributed by atoms with E-state index in [1.807, 2.05) is 35.0 Å². The van der Waals surface area contributed by atoms with Crippen LogP contribution in [0.3, 0.4) is 0 Å². The fourth-order valence-electron chi connectivity index (χ4n) is 2.56. The summed E-state index contributed by atoms with van der Waals surface area (Å²) in [6.45, 7) is 7.20. The number of nitrogen functional groups attached to an aromatic ring is 1. The van der Waals surface area contributed by atoms with Crippen molar-refractivity contribution in [3.63, 3.8) is 0 Å². The second-order valence-electron chi connectivity index (χ2n) is 4.64. The predicted molar refractivity (Wildman–Crippen MR) is 75.8 cm³/mol. The quantitative estimate of drug-likeness (QED) is 0.850. The zero-order chi connectivity index (χ0) is 13.2. The molecule has 2 aromatic rings. The fraction of sp³-hybridized carbons (Fsp3) is 0.357. The number of aromatic nitrogens is 2. The van der Waals surface area contributed by atoms with E-state index in [-0.39, 0.29) is 6.17 Å². The highest BCUT2D eigenvalue weighted by atomic mass is 16.5. The maximum absolute atomic E-state index is 5.99. The molecular formula is C14H18N4O. The molecule has 0 amide bonds. The van der Waals surface area contributed by atoms with Crippen LogP contribution in [0.2, 0.25) is 0 Å². The van der Waals surface area contributed by atoms with Gasteiger partial charge in [0.25, 0.3) is 0 Å². The van der Waals surface area contributed by atoms with Gasteiger partial charge in [0.05, 0.1) is 18.7 Å². The molecule has 1 aliphatic heterocycles. The minimum absolute atomic E-state index is 0.0195. The van der Waals surface area contributed by atoms with Crippen LogP contribution in [0, 0.1) is 0 Å². The largest absolute Gasteiger partial charge is 0.382 e. The Morgan fingerprint density at radius 2 is 2.05 bits per heavy atom. The molecule has 1 aliphatic rings. The van der Waals surface area contributed by atoms with Gasteiger partial charge in [-0.3, -0.25) is 4.90 Å². The zero-order valence-electron chi connectivity index (χ0n) is 10.8. The number of para-hydroxylation sites is 1. The molecular weight excluding hydrogens is 240 g/mol. The summed E-state index contributed by atoms with van der Waals surface area (Å²) in [7, 11) is 0. The molecule has 0 aliphatic carbocycles. The molecule has 5 nitrogen and oxygen atoms in total. The molecule has 1 saturated heterocycles. The van der Waals surface area contributed by atoms with Gasteiger partial charge in [-0.05, 0) is 12.1 Å². The molecule has 1 atom stereocenters. The van der Waals surface area contributed by atoms with Gasteiger partial charge < -0.3 is 10.5 Å². The van der Waals surface area contributed by atoms with Crippen LogP contribution in [0.5, 0.6) is 0 Å². The highest BCUT2D eigenvalue weighted by Crippen LogP contribution is 2.26. The van der Waals surface area contributed by atoms with E-state index in [2.05, 4.69) is 16.6 Å². The van der Waals surface area contributed by atoms with Gasteiger partial charge in [-0.25, -0.2) is 4.68 Å². The Hall–Kier alpha value is -1.85. The lowest BCUT2D eigenvalue weighted by atomic mass is 10.2. The fourth-order valence-corrected chi connectivity index (χ4v) is 2.56. The van der Waals surface area contributed by atoms with Crippen LogP contribution in [0.4, 0.5) is 5.82 Å². The maximum Gasteiger partial charge on any atom is 0.153 e. The average molecular weight is 258 g/mol. The Kier molecular flexibility index (Phi) is 3.23. The second kappa shape index (κ2) is 5.03. The molecule has 1 aromatic carbocycles. The normalized spacial score (nSPS) is 18.5. The van der Waals surface area contributed by atoms with Crippen molar-refractivity contribution in [2.45, 2.75) is 6.17 Å². The van der Waals surface area contributed by atoms with Gasteiger partial charge in [-0.1, -0.05) is 24.8 Å². The number of ether oxygens (including phenoxy) is 1. The van der Waals surface area contributed by atoms with E-state index in [1.54, 1.807) is 0 Å². The van der Waals surface area contributed by atoms with Gasteiger partial charge in [0.2, 0.25) is 0 Å². The van der Waals surface area contributed by atoms with Gasteiger partial charge in [0, 0.05) is 18.5 Å². The molecule has 2 N–H and O–H groups in total. The second-order valence-corrected chi connectivity index (χ2v) is 4.64. The lowest BCUT2D eigenvalue weighted by molar-refractivity contribution is 0.00966. The Morgan fingerprint density at radius 1 is 1.32 bits per heavy atom. The lowest BCUT2D eigenvalue weighted by Crippen LogP contribution is -2.40. The topological polar surface area (TPSA) is 56.3 Å². The smallest absolute Gasteiger partial charge is 0.153 e. The molecule has 5 heteroatoms. The molecule has 3 rings (SSSR count). The van der Waals surface area contributed by atoms with Crippen molar-refractivity contribution >= 4 is 16.7 Å². The first kappa shape index (κ1) is 12.2. The molecule has 100 valence electrons. The van der Waals surface area contributed by atoms with Crippen LogP contribution in [0.25, 0.3) is 10.9 Å². The van der Waals surface area contributed by atoms with E-state index in [9.17, 15) is 0 Å². The first-order valence-electron chi connectivity index (χ1n) is 6.48. The summed E-state index contributed by atoms with van der Waals surface area (Å²) in [6, 6.07) is 8.01. The van der Waals surface area contributed by atoms with E-state index in [1.165, 1.54) is 0 Å². The van der Waals surface area contributed by atoms with Gasteiger partial charge >= 0.3 is 0 Å². The number of hydrogen-bond donors (Lipinski definition) is 1. The lowest BCUT2D eigenvalue weighted by Gasteiger charge is -2.32. The number of hydrogen-bond acceptors (Lipinski definition) is 4. The van der Waals surface area contributed by atoms with Crippen LogP contribution < -0.4 is 5.73 Å². The molecule has 0 saturated carbocycles. The third kappa shape index (κ3) is 2.11. The van der Waals surface area contributed by atoms with Crippen LogP contribution in [-0.4, -0.2) is 41.0 Å². The molecule has 0 spiro atoms. The zero-order valence-corrected chi connectivity index (χ0v) is 10.8. The third-order valence-electron chi connectivity index (χ3n) is 3.52. The first-order chi connectivity index (χ1) is 9.31. The van der Waals surface area contributed by atoms with E-state index >= 15 is 0 Å². The Morgan fingerprint density at radius 3 is 2.79 bits per heavy atom. The van der Waals surface area contributed by atoms with Crippen molar-refractivity contribution in [3.8, 4) is 0 Å². The van der Waals surface area contributed by atoms with E-state index in [4.69, 9.17) is 10.5 Å². The molecule has 0 bridgehead atoms. The van der Waals surface area contributed by atoms with Crippen LogP contribution in [0.15, 0.2) is 36.9 Å². The summed E-state index contributed by atoms with van der Waals surface area (Å²) >= 11 is 0. The number of rotatable bonds is 3. The summed E-state index contributed by atoms with van der Waals surface area (Å²) in [4.78, 5) is 2.30. The van der Waals surface area contributed by atoms with Gasteiger partial charge in [-0.15, -0.1) is 0 Å². The number of nitrogens with zero attached hydrogens (tertiary/aromatic N) is 3. The summed E-state index contributed by atoms with van der Waals surface area (Å²) in [5.41, 5.74) is 7.03. The Balaban J connectivity index is 2.03. The highest BCUT2D eigenvalue weighted by Gasteiger charge is 2.22. The highest BCUT2D eigenvalue weighted by molar-refractivity contribution is 5.89. The summed E-state index contributed by atoms with van der Waals surface area (Å²) in [6.07, 6.45) is 1.93. The van der Waals surface area contributed by atoms with Crippen LogP contribution in [0.1, 0.15) is 6.17 Å². The maximum atomic E-state index is 5.99. The number of nitrogens with two attached hydrogens (primary N) is 1. The van der Waals surface area contributed by atoms with Crippen molar-refractivity contribution < 1.29 is 4.74 Å². The van der Waals surface area contributed by atoms with Crippen molar-refractivity contribution in [2.24, 2.45) is 0 Å². The molecule has 1 aromatic heterocycles. The SMILES string of the molecule is C=CC(N1CCOCC1)n1nc(N)c2ccccc21. The summed E-state index contributed by atoms with van der Waals surface area (Å²) < 4.78 is 7.34. The summed E-state index contributed by atoms with van der Waals surface area (Å²) in [5, 5.41) is 5.47. The number of benzene rings is 1. The molecule has 1 unspecified atom stereocenters. The summed E-state index contributed by atoms with van der Waals surface area (Å²) in [5.74, 6) is 0.565. The van der Waals surface area contributed by atoms with E-state index < -0.39 is 0 Å². The van der Waals surface area contributed by atoms with E-state index in [0.717, 1.165) is 37.2 Å². The number of anilines is 1. The predicted octanol–water partition coefficient (Wildman–Crippen LogP) is 1.64. The minimum atomic E-state index is 0.0195. The number of fused-ring (bicyclic) bond motifs is 1. The van der Waals surface area contributed by atoms with Gasteiger partial charge in [0.15, 0.2) is 5.82 Å². The minimum Gasteiger partial charge on any atom is -0.382 e.